The molecule has 2 aromatic heterocycles. The van der Waals surface area contributed by atoms with Gasteiger partial charge in [0.1, 0.15) is 11.4 Å². The van der Waals surface area contributed by atoms with Crippen molar-refractivity contribution < 1.29 is 9.59 Å². The zero-order chi connectivity index (χ0) is 21.8. The van der Waals surface area contributed by atoms with Gasteiger partial charge in [-0.05, 0) is 42.5 Å². The molecule has 0 fully saturated rings. The Morgan fingerprint density at radius 1 is 1.06 bits per heavy atom. The first-order chi connectivity index (χ1) is 15.0. The molecular formula is C21H17ClN6O2S. The van der Waals surface area contributed by atoms with E-state index in [0.29, 0.717) is 27.1 Å². The van der Waals surface area contributed by atoms with E-state index in [1.54, 1.807) is 47.3 Å². The quantitative estimate of drug-likeness (QED) is 0.336. The summed E-state index contributed by atoms with van der Waals surface area (Å²) in [6.07, 6.45) is 3.13. The predicted molar refractivity (Wildman–Crippen MR) is 122 cm³/mol. The lowest BCUT2D eigenvalue weighted by atomic mass is 10.3. The van der Waals surface area contributed by atoms with Crippen molar-refractivity contribution in [2.75, 3.05) is 16.4 Å². The molecule has 0 unspecified atom stereocenters. The highest BCUT2D eigenvalue weighted by Gasteiger charge is 2.13. The molecule has 0 saturated carbocycles. The minimum atomic E-state index is -0.175. The minimum Gasteiger partial charge on any atom is -0.326 e. The van der Waals surface area contributed by atoms with Crippen LogP contribution in [0.2, 0.25) is 5.02 Å². The lowest BCUT2D eigenvalue weighted by Crippen LogP contribution is -2.14. The van der Waals surface area contributed by atoms with Crippen molar-refractivity contribution >= 4 is 57.6 Å². The van der Waals surface area contributed by atoms with E-state index in [0.717, 1.165) is 11.1 Å². The lowest BCUT2D eigenvalue weighted by molar-refractivity contribution is -0.114. The van der Waals surface area contributed by atoms with Crippen LogP contribution < -0.4 is 10.6 Å². The fourth-order valence-corrected chi connectivity index (χ4v) is 3.85. The van der Waals surface area contributed by atoms with Gasteiger partial charge in [-0.25, -0.2) is 14.6 Å². The lowest BCUT2D eigenvalue weighted by Gasteiger charge is -2.07. The van der Waals surface area contributed by atoms with E-state index < -0.39 is 0 Å². The second-order valence-corrected chi connectivity index (χ2v) is 7.95. The summed E-state index contributed by atoms with van der Waals surface area (Å²) in [6, 6.07) is 14.2. The summed E-state index contributed by atoms with van der Waals surface area (Å²) < 4.78 is 1.68. The number of fused-ring (bicyclic) bond motifs is 1. The van der Waals surface area contributed by atoms with Gasteiger partial charge in [0, 0.05) is 23.3 Å². The van der Waals surface area contributed by atoms with Crippen molar-refractivity contribution in [1.29, 1.82) is 0 Å². The van der Waals surface area contributed by atoms with E-state index in [-0.39, 0.29) is 17.6 Å². The molecule has 0 atom stereocenters. The summed E-state index contributed by atoms with van der Waals surface area (Å²) in [5, 5.41) is 11.9. The number of hydrogen-bond donors (Lipinski definition) is 2. The number of aromatic nitrogens is 4. The van der Waals surface area contributed by atoms with Gasteiger partial charge < -0.3 is 10.6 Å². The van der Waals surface area contributed by atoms with Crippen LogP contribution in [0.25, 0.3) is 16.7 Å². The topological polar surface area (TPSA) is 102 Å². The third kappa shape index (κ3) is 5.01. The number of hydrogen-bond acceptors (Lipinski definition) is 6. The van der Waals surface area contributed by atoms with Crippen LogP contribution in [0.1, 0.15) is 6.92 Å². The predicted octanol–water partition coefficient (Wildman–Crippen LogP) is 4.16. The summed E-state index contributed by atoms with van der Waals surface area (Å²) in [4.78, 5) is 32.1. The van der Waals surface area contributed by atoms with E-state index in [4.69, 9.17) is 11.6 Å². The van der Waals surface area contributed by atoms with Crippen LogP contribution in [-0.4, -0.2) is 37.3 Å². The van der Waals surface area contributed by atoms with Gasteiger partial charge in [-0.1, -0.05) is 29.4 Å². The van der Waals surface area contributed by atoms with E-state index in [9.17, 15) is 9.59 Å². The van der Waals surface area contributed by atoms with Crippen LogP contribution in [0.4, 0.5) is 11.4 Å². The average molecular weight is 453 g/mol. The highest BCUT2D eigenvalue weighted by atomic mass is 35.5. The van der Waals surface area contributed by atoms with Crippen molar-refractivity contribution in [2.45, 2.75) is 11.9 Å². The molecule has 4 rings (SSSR count). The molecule has 31 heavy (non-hydrogen) atoms. The maximum atomic E-state index is 12.4. The number of nitrogens with one attached hydrogen (secondary N) is 2. The number of amides is 2. The number of carbonyl (C=O) groups is 2. The summed E-state index contributed by atoms with van der Waals surface area (Å²) >= 11 is 7.39. The molecule has 2 aromatic carbocycles. The van der Waals surface area contributed by atoms with Crippen LogP contribution >= 0.6 is 23.4 Å². The third-order valence-corrected chi connectivity index (χ3v) is 5.45. The van der Waals surface area contributed by atoms with Crippen LogP contribution in [0.3, 0.4) is 0 Å². The first kappa shape index (κ1) is 20.8. The highest BCUT2D eigenvalue weighted by Crippen LogP contribution is 2.26. The number of rotatable bonds is 6. The van der Waals surface area contributed by atoms with E-state index in [1.807, 2.05) is 12.1 Å². The molecule has 0 saturated heterocycles. The smallest absolute Gasteiger partial charge is 0.234 e. The number of carbonyl (C=O) groups excluding carboxylic acids is 2. The maximum absolute atomic E-state index is 12.4. The number of nitrogens with zero attached hydrogens (tertiary/aromatic N) is 4. The van der Waals surface area contributed by atoms with Gasteiger partial charge in [0.2, 0.25) is 11.8 Å². The summed E-state index contributed by atoms with van der Waals surface area (Å²) in [5.41, 5.74) is 2.73. The number of halogens is 1. The molecule has 0 aliphatic carbocycles. The monoisotopic (exact) mass is 452 g/mol. The Bertz CT molecular complexity index is 1260. The molecule has 10 heteroatoms. The van der Waals surface area contributed by atoms with Crippen molar-refractivity contribution in [3.05, 3.63) is 66.1 Å². The summed E-state index contributed by atoms with van der Waals surface area (Å²) in [7, 11) is 0. The molecular weight excluding hydrogens is 436 g/mol. The van der Waals surface area contributed by atoms with Gasteiger partial charge in [-0.3, -0.25) is 9.59 Å². The standard InChI is InChI=1S/C21H17ClN6O2S/c1-13(29)26-15-5-7-16(8-6-15)27-19(30)11-31-21-18-10-25-28(20(18)23-12-24-21)17-4-2-3-14(22)9-17/h2-10,12H,11H2,1H3,(H,26,29)(H,27,30). The zero-order valence-corrected chi connectivity index (χ0v) is 17.9. The Labute approximate surface area is 187 Å². The fraction of sp³-hybridized carbons (Fsp3) is 0.0952. The Hall–Kier alpha value is -3.43. The molecule has 0 spiro atoms. The van der Waals surface area contributed by atoms with Gasteiger partial charge in [-0.2, -0.15) is 5.10 Å². The molecule has 2 amide bonds. The molecule has 0 aliphatic rings. The normalized spacial score (nSPS) is 10.8. The fourth-order valence-electron chi connectivity index (χ4n) is 2.91. The van der Waals surface area contributed by atoms with Crippen LogP contribution in [-0.2, 0) is 9.59 Å². The second kappa shape index (κ2) is 9.15. The Morgan fingerprint density at radius 2 is 1.81 bits per heavy atom. The minimum absolute atomic E-state index is 0.150. The molecule has 0 radical (unpaired) electrons. The SMILES string of the molecule is CC(=O)Nc1ccc(NC(=O)CSc2ncnc3c2cnn3-c2cccc(Cl)c2)cc1. The zero-order valence-electron chi connectivity index (χ0n) is 16.4. The van der Waals surface area contributed by atoms with Gasteiger partial charge in [0.25, 0.3) is 0 Å². The van der Waals surface area contributed by atoms with E-state index >= 15 is 0 Å². The number of thioether (sulfide) groups is 1. The largest absolute Gasteiger partial charge is 0.326 e. The second-order valence-electron chi connectivity index (χ2n) is 6.55. The third-order valence-electron chi connectivity index (χ3n) is 4.21. The van der Waals surface area contributed by atoms with Crippen molar-refractivity contribution in [3.63, 3.8) is 0 Å². The molecule has 0 aliphatic heterocycles. The molecule has 156 valence electrons. The number of benzene rings is 2. The summed E-state index contributed by atoms with van der Waals surface area (Å²) in [6.45, 7) is 1.44. The van der Waals surface area contributed by atoms with E-state index in [1.165, 1.54) is 25.0 Å². The van der Waals surface area contributed by atoms with Gasteiger partial charge in [-0.15, -0.1) is 0 Å². The van der Waals surface area contributed by atoms with Crippen LogP contribution in [0.5, 0.6) is 0 Å². The van der Waals surface area contributed by atoms with Gasteiger partial charge in [0.05, 0.1) is 23.0 Å². The molecule has 2 heterocycles. The van der Waals surface area contributed by atoms with Crippen molar-refractivity contribution in [3.8, 4) is 5.69 Å². The molecule has 8 nitrogen and oxygen atoms in total. The molecule has 4 aromatic rings. The van der Waals surface area contributed by atoms with Gasteiger partial charge >= 0.3 is 0 Å². The first-order valence-corrected chi connectivity index (χ1v) is 10.6. The number of anilines is 2. The molecule has 2 N–H and O–H groups in total. The van der Waals surface area contributed by atoms with Crippen molar-refractivity contribution in [1.82, 2.24) is 19.7 Å². The average Bonchev–Trinajstić information content (AvgIpc) is 3.18. The van der Waals surface area contributed by atoms with Crippen molar-refractivity contribution in [2.24, 2.45) is 0 Å². The summed E-state index contributed by atoms with van der Waals surface area (Å²) in [5.74, 6) is -0.156. The Morgan fingerprint density at radius 3 is 2.52 bits per heavy atom. The maximum Gasteiger partial charge on any atom is 0.234 e. The van der Waals surface area contributed by atoms with E-state index in [2.05, 4.69) is 25.7 Å². The van der Waals surface area contributed by atoms with Gasteiger partial charge in [0.15, 0.2) is 5.65 Å². The van der Waals surface area contributed by atoms with Crippen LogP contribution in [0.15, 0.2) is 66.1 Å². The molecule has 0 bridgehead atoms. The highest BCUT2D eigenvalue weighted by molar-refractivity contribution is 8.00. The Kier molecular flexibility index (Phi) is 6.15. The Balaban J connectivity index is 1.44. The van der Waals surface area contributed by atoms with Crippen LogP contribution in [0, 0.1) is 0 Å². The first-order valence-electron chi connectivity index (χ1n) is 9.24.